The molecule has 2 N–H and O–H groups in total. The van der Waals surface area contributed by atoms with Crippen molar-refractivity contribution < 1.29 is 14.3 Å². The summed E-state index contributed by atoms with van der Waals surface area (Å²) in [5.41, 5.74) is 9.35. The summed E-state index contributed by atoms with van der Waals surface area (Å²) in [5.74, 6) is -1.11. The Labute approximate surface area is 203 Å². The number of ether oxygens (including phenoxy) is 1. The van der Waals surface area contributed by atoms with Crippen molar-refractivity contribution in [1.29, 1.82) is 0 Å². The SMILES string of the molecule is CCOC(=O)C1=C(N)N(c2ccccc2)C2=C(C(=O)CC(C)(C)C2)C1c1ccc(Cl)cc1Cl. The second-order valence-electron chi connectivity index (χ2n) is 9.09. The molecule has 1 aliphatic carbocycles. The number of anilines is 1. The van der Waals surface area contributed by atoms with Crippen LogP contribution in [0.5, 0.6) is 0 Å². The number of nitrogens with zero attached hydrogens (tertiary/aromatic N) is 1. The Kier molecular flexibility index (Phi) is 6.30. The second kappa shape index (κ2) is 8.88. The van der Waals surface area contributed by atoms with Gasteiger partial charge in [0.25, 0.3) is 0 Å². The van der Waals surface area contributed by atoms with E-state index in [-0.39, 0.29) is 29.2 Å². The van der Waals surface area contributed by atoms with Crippen LogP contribution in [0.25, 0.3) is 0 Å². The molecule has 172 valence electrons. The maximum absolute atomic E-state index is 13.6. The van der Waals surface area contributed by atoms with E-state index in [4.69, 9.17) is 33.7 Å². The number of ketones is 1. The third-order valence-corrected chi connectivity index (χ3v) is 6.61. The van der Waals surface area contributed by atoms with Crippen LogP contribution in [0, 0.1) is 5.41 Å². The molecule has 0 amide bonds. The van der Waals surface area contributed by atoms with Gasteiger partial charge in [-0.2, -0.15) is 0 Å². The summed E-state index contributed by atoms with van der Waals surface area (Å²) in [6, 6.07) is 14.6. The van der Waals surface area contributed by atoms with Gasteiger partial charge in [-0.1, -0.05) is 61.3 Å². The van der Waals surface area contributed by atoms with E-state index >= 15 is 0 Å². The van der Waals surface area contributed by atoms with Gasteiger partial charge in [0, 0.05) is 33.4 Å². The highest BCUT2D eigenvalue weighted by Gasteiger charge is 2.47. The number of para-hydroxylation sites is 1. The molecule has 0 spiro atoms. The summed E-state index contributed by atoms with van der Waals surface area (Å²) in [6.45, 7) is 6.02. The lowest BCUT2D eigenvalue weighted by Gasteiger charge is -2.44. The molecule has 0 fully saturated rings. The van der Waals surface area contributed by atoms with E-state index in [1.807, 2.05) is 35.2 Å². The van der Waals surface area contributed by atoms with Gasteiger partial charge < -0.3 is 10.5 Å². The highest BCUT2D eigenvalue weighted by molar-refractivity contribution is 6.35. The topological polar surface area (TPSA) is 72.6 Å². The lowest BCUT2D eigenvalue weighted by atomic mass is 9.68. The Morgan fingerprint density at radius 1 is 1.15 bits per heavy atom. The number of nitrogens with two attached hydrogens (primary N) is 1. The number of benzene rings is 2. The normalized spacial score (nSPS) is 20.1. The van der Waals surface area contributed by atoms with Crippen LogP contribution in [0.1, 0.15) is 45.1 Å². The molecule has 0 saturated heterocycles. The van der Waals surface area contributed by atoms with E-state index in [2.05, 4.69) is 13.8 Å². The number of hydrogen-bond acceptors (Lipinski definition) is 5. The van der Waals surface area contributed by atoms with Crippen molar-refractivity contribution >= 4 is 40.6 Å². The summed E-state index contributed by atoms with van der Waals surface area (Å²) in [4.78, 5) is 28.7. The quantitative estimate of drug-likeness (QED) is 0.540. The number of hydrogen-bond donors (Lipinski definition) is 1. The number of rotatable bonds is 4. The molecule has 0 saturated carbocycles. The fourth-order valence-corrected chi connectivity index (χ4v) is 5.25. The number of carbonyl (C=O) groups excluding carboxylic acids is 2. The molecule has 4 rings (SSSR count). The number of allylic oxidation sites excluding steroid dienone is 2. The number of esters is 1. The van der Waals surface area contributed by atoms with Gasteiger partial charge in [0.05, 0.1) is 18.1 Å². The van der Waals surface area contributed by atoms with Gasteiger partial charge in [-0.3, -0.25) is 9.69 Å². The van der Waals surface area contributed by atoms with E-state index in [1.54, 1.807) is 25.1 Å². The van der Waals surface area contributed by atoms with Gasteiger partial charge in [-0.25, -0.2) is 4.79 Å². The zero-order valence-corrected chi connectivity index (χ0v) is 20.3. The molecule has 7 heteroatoms. The largest absolute Gasteiger partial charge is 0.463 e. The summed E-state index contributed by atoms with van der Waals surface area (Å²) >= 11 is 12.7. The maximum Gasteiger partial charge on any atom is 0.338 e. The highest BCUT2D eigenvalue weighted by Crippen LogP contribution is 2.51. The average Bonchev–Trinajstić information content (AvgIpc) is 2.73. The molecule has 5 nitrogen and oxygen atoms in total. The summed E-state index contributed by atoms with van der Waals surface area (Å²) < 4.78 is 5.40. The Morgan fingerprint density at radius 2 is 1.85 bits per heavy atom. The minimum atomic E-state index is -0.743. The highest BCUT2D eigenvalue weighted by atomic mass is 35.5. The van der Waals surface area contributed by atoms with E-state index in [0.717, 1.165) is 11.4 Å². The predicted molar refractivity (Wildman–Crippen MR) is 131 cm³/mol. The molecule has 1 heterocycles. The van der Waals surface area contributed by atoms with Crippen LogP contribution in [-0.2, 0) is 14.3 Å². The van der Waals surface area contributed by atoms with E-state index in [0.29, 0.717) is 34.0 Å². The van der Waals surface area contributed by atoms with Crippen molar-refractivity contribution in [2.24, 2.45) is 11.1 Å². The van der Waals surface area contributed by atoms with Gasteiger partial charge in [0.15, 0.2) is 5.78 Å². The number of carbonyl (C=O) groups is 2. The summed E-state index contributed by atoms with van der Waals surface area (Å²) in [5, 5.41) is 0.824. The van der Waals surface area contributed by atoms with Gasteiger partial charge in [-0.05, 0) is 48.6 Å². The third-order valence-electron chi connectivity index (χ3n) is 6.04. The van der Waals surface area contributed by atoms with Gasteiger partial charge in [0.1, 0.15) is 5.82 Å². The van der Waals surface area contributed by atoms with Gasteiger partial charge >= 0.3 is 5.97 Å². The Balaban J connectivity index is 2.05. The molecule has 1 aliphatic heterocycles. The minimum absolute atomic E-state index is 0.0347. The van der Waals surface area contributed by atoms with Crippen LogP contribution >= 0.6 is 23.2 Å². The molecule has 2 aromatic carbocycles. The molecule has 1 unspecified atom stereocenters. The maximum atomic E-state index is 13.6. The van der Waals surface area contributed by atoms with Crippen LogP contribution in [-0.4, -0.2) is 18.4 Å². The molecular formula is C26H26Cl2N2O3. The Hall–Kier alpha value is -2.76. The summed E-state index contributed by atoms with van der Waals surface area (Å²) in [7, 11) is 0. The zero-order chi connectivity index (χ0) is 23.9. The van der Waals surface area contributed by atoms with Crippen LogP contribution in [0.4, 0.5) is 5.69 Å². The predicted octanol–water partition coefficient (Wildman–Crippen LogP) is 5.97. The number of halogens is 2. The monoisotopic (exact) mass is 484 g/mol. The molecule has 1 atom stereocenters. The minimum Gasteiger partial charge on any atom is -0.463 e. The third kappa shape index (κ3) is 4.28. The molecule has 2 aliphatic rings. The van der Waals surface area contributed by atoms with Crippen molar-refractivity contribution in [3.63, 3.8) is 0 Å². The van der Waals surface area contributed by atoms with E-state index in [1.165, 1.54) is 0 Å². The number of Topliss-reactive ketones (excluding diaryl/α,β-unsaturated/α-hetero) is 1. The van der Waals surface area contributed by atoms with E-state index in [9.17, 15) is 9.59 Å². The van der Waals surface area contributed by atoms with Crippen molar-refractivity contribution in [3.8, 4) is 0 Å². The van der Waals surface area contributed by atoms with Crippen LogP contribution in [0.2, 0.25) is 10.0 Å². The molecule has 0 bridgehead atoms. The molecule has 33 heavy (non-hydrogen) atoms. The molecule has 2 aromatic rings. The second-order valence-corrected chi connectivity index (χ2v) is 9.93. The molecule has 0 radical (unpaired) electrons. The zero-order valence-electron chi connectivity index (χ0n) is 18.8. The first-order valence-electron chi connectivity index (χ1n) is 10.9. The first-order chi connectivity index (χ1) is 15.6. The van der Waals surface area contributed by atoms with Crippen molar-refractivity contribution in [1.82, 2.24) is 0 Å². The van der Waals surface area contributed by atoms with Crippen LogP contribution < -0.4 is 10.6 Å². The standard InChI is InChI=1S/C26H26Cl2N2O3/c1-4-33-25(32)23-21(17-11-10-15(27)12-18(17)28)22-19(13-26(2,3)14-20(22)31)30(24(23)29)16-8-6-5-7-9-16/h5-12,21H,4,13-14,29H2,1-3H3. The lowest BCUT2D eigenvalue weighted by molar-refractivity contribution is -0.138. The molecule has 0 aromatic heterocycles. The van der Waals surface area contributed by atoms with Crippen molar-refractivity contribution in [2.75, 3.05) is 11.5 Å². The fraction of sp³-hybridized carbons (Fsp3) is 0.308. The summed E-state index contributed by atoms with van der Waals surface area (Å²) in [6.07, 6.45) is 0.966. The Morgan fingerprint density at radius 3 is 2.48 bits per heavy atom. The van der Waals surface area contributed by atoms with Gasteiger partial charge in [-0.15, -0.1) is 0 Å². The Bertz CT molecular complexity index is 1190. The first kappa shape index (κ1) is 23.4. The fourth-order valence-electron chi connectivity index (χ4n) is 4.74. The van der Waals surface area contributed by atoms with Crippen molar-refractivity contribution in [2.45, 2.75) is 39.5 Å². The van der Waals surface area contributed by atoms with E-state index < -0.39 is 11.9 Å². The molecular weight excluding hydrogens is 459 g/mol. The smallest absolute Gasteiger partial charge is 0.338 e. The average molecular weight is 485 g/mol. The lowest BCUT2D eigenvalue weighted by Crippen LogP contribution is -2.43. The first-order valence-corrected chi connectivity index (χ1v) is 11.6. The van der Waals surface area contributed by atoms with Gasteiger partial charge in [0.2, 0.25) is 0 Å². The van der Waals surface area contributed by atoms with Crippen molar-refractivity contribution in [3.05, 3.63) is 86.8 Å². The van der Waals surface area contributed by atoms with Crippen LogP contribution in [0.3, 0.4) is 0 Å². The van der Waals surface area contributed by atoms with Crippen LogP contribution in [0.15, 0.2) is 71.2 Å².